The molecule has 0 spiro atoms. The van der Waals surface area contributed by atoms with Crippen molar-refractivity contribution in [2.45, 2.75) is 25.8 Å². The lowest BCUT2D eigenvalue weighted by Crippen LogP contribution is -2.42. The molecule has 7 heteroatoms. The van der Waals surface area contributed by atoms with Crippen molar-refractivity contribution in [2.24, 2.45) is 4.99 Å². The van der Waals surface area contributed by atoms with Crippen LogP contribution in [-0.4, -0.2) is 61.9 Å². The minimum absolute atomic E-state index is 0.0805. The first kappa shape index (κ1) is 23.0. The van der Waals surface area contributed by atoms with E-state index in [1.807, 2.05) is 31.2 Å². The van der Waals surface area contributed by atoms with Crippen molar-refractivity contribution in [1.29, 1.82) is 0 Å². The molecule has 0 radical (unpaired) electrons. The number of guanidine groups is 1. The second-order valence-corrected chi connectivity index (χ2v) is 7.63. The molecule has 0 bridgehead atoms. The molecule has 0 aromatic heterocycles. The third-order valence-electron chi connectivity index (χ3n) is 5.38. The molecule has 3 rings (SSSR count). The number of ether oxygens (including phenoxy) is 1. The smallest absolute Gasteiger partial charge is 0.191 e. The zero-order chi connectivity index (χ0) is 21.9. The maximum absolute atomic E-state index is 13.4. The topological polar surface area (TPSA) is 69.1 Å². The number of rotatable bonds is 9. The molecule has 2 aromatic rings. The zero-order valence-corrected chi connectivity index (χ0v) is 18.2. The number of aliphatic imine (C=N–C) groups is 1. The molecule has 1 aliphatic heterocycles. The van der Waals surface area contributed by atoms with Crippen LogP contribution in [0.3, 0.4) is 0 Å². The fourth-order valence-electron chi connectivity index (χ4n) is 3.69. The normalized spacial score (nSPS) is 16.1. The van der Waals surface area contributed by atoms with Crippen LogP contribution >= 0.6 is 0 Å². The van der Waals surface area contributed by atoms with Gasteiger partial charge in [0, 0.05) is 26.2 Å². The molecule has 168 valence electrons. The number of phenols is 1. The third kappa shape index (κ3) is 7.52. The van der Waals surface area contributed by atoms with Crippen LogP contribution in [0.2, 0.25) is 0 Å². The first-order valence-electron chi connectivity index (χ1n) is 11.0. The Morgan fingerprint density at radius 1 is 1.10 bits per heavy atom. The number of phenolic OH excluding ortho intramolecular Hbond substituents is 1. The number of nitrogens with zero attached hydrogens (tertiary/aromatic N) is 2. The van der Waals surface area contributed by atoms with Gasteiger partial charge in [-0.3, -0.25) is 9.89 Å². The number of hydrogen-bond donors (Lipinski definition) is 3. The van der Waals surface area contributed by atoms with Gasteiger partial charge in [-0.2, -0.15) is 0 Å². The summed E-state index contributed by atoms with van der Waals surface area (Å²) in [5.41, 5.74) is 2.26. The van der Waals surface area contributed by atoms with E-state index in [4.69, 9.17) is 9.73 Å². The van der Waals surface area contributed by atoms with Crippen LogP contribution in [0.25, 0.3) is 0 Å². The number of hydrogen-bond acceptors (Lipinski definition) is 4. The second-order valence-electron chi connectivity index (χ2n) is 7.63. The molecule has 1 unspecified atom stereocenters. The standard InChI is InChI=1S/C24H33FN4O2/c1-2-26-24(27-13-3-4-19-5-11-22(30)12-6-19)28-18-23(29-14-16-31-17-15-29)20-7-9-21(25)10-8-20/h5-12,23,30H,2-4,13-18H2,1H3,(H2,26,27,28). The van der Waals surface area contributed by atoms with Gasteiger partial charge in [0.25, 0.3) is 0 Å². The van der Waals surface area contributed by atoms with Crippen molar-refractivity contribution in [3.05, 3.63) is 65.5 Å². The summed E-state index contributed by atoms with van der Waals surface area (Å²) in [6.45, 7) is 7.30. The molecule has 31 heavy (non-hydrogen) atoms. The van der Waals surface area contributed by atoms with Gasteiger partial charge < -0.3 is 20.5 Å². The first-order valence-corrected chi connectivity index (χ1v) is 11.0. The van der Waals surface area contributed by atoms with Crippen molar-refractivity contribution in [1.82, 2.24) is 15.5 Å². The quantitative estimate of drug-likeness (QED) is 0.325. The fraction of sp³-hybridized carbons (Fsp3) is 0.458. The highest BCUT2D eigenvalue weighted by atomic mass is 19.1. The number of nitrogens with one attached hydrogen (secondary N) is 2. The summed E-state index contributed by atoms with van der Waals surface area (Å²) in [6, 6.07) is 14.1. The molecule has 3 N–H and O–H groups in total. The minimum atomic E-state index is -0.225. The summed E-state index contributed by atoms with van der Waals surface area (Å²) in [5, 5.41) is 16.1. The van der Waals surface area contributed by atoms with Crippen molar-refractivity contribution in [3.8, 4) is 5.75 Å². The summed E-state index contributed by atoms with van der Waals surface area (Å²) < 4.78 is 18.9. The highest BCUT2D eigenvalue weighted by Crippen LogP contribution is 2.22. The van der Waals surface area contributed by atoms with Gasteiger partial charge in [0.15, 0.2) is 5.96 Å². The Kier molecular flexibility index (Phi) is 9.12. The lowest BCUT2D eigenvalue weighted by atomic mass is 10.0. The highest BCUT2D eigenvalue weighted by molar-refractivity contribution is 5.79. The molecule has 2 aromatic carbocycles. The van der Waals surface area contributed by atoms with Crippen LogP contribution < -0.4 is 10.6 Å². The van der Waals surface area contributed by atoms with Gasteiger partial charge in [0.2, 0.25) is 0 Å². The van der Waals surface area contributed by atoms with E-state index in [1.54, 1.807) is 12.1 Å². The first-order chi connectivity index (χ1) is 15.2. The average molecular weight is 429 g/mol. The van der Waals surface area contributed by atoms with E-state index in [2.05, 4.69) is 15.5 Å². The van der Waals surface area contributed by atoms with E-state index >= 15 is 0 Å². The van der Waals surface area contributed by atoms with E-state index in [-0.39, 0.29) is 11.9 Å². The summed E-state index contributed by atoms with van der Waals surface area (Å²) in [4.78, 5) is 7.18. The molecule has 1 aliphatic rings. The Hall–Kier alpha value is -2.64. The number of halogens is 1. The van der Waals surface area contributed by atoms with E-state index in [0.29, 0.717) is 25.5 Å². The molecule has 1 fully saturated rings. The third-order valence-corrected chi connectivity index (χ3v) is 5.38. The minimum Gasteiger partial charge on any atom is -0.508 e. The Morgan fingerprint density at radius 3 is 2.48 bits per heavy atom. The molecule has 1 heterocycles. The lowest BCUT2D eigenvalue weighted by molar-refractivity contribution is 0.0179. The molecule has 0 saturated carbocycles. The van der Waals surface area contributed by atoms with Crippen LogP contribution in [-0.2, 0) is 11.2 Å². The van der Waals surface area contributed by atoms with Crippen molar-refractivity contribution >= 4 is 5.96 Å². The number of aromatic hydroxyl groups is 1. The van der Waals surface area contributed by atoms with Gasteiger partial charge >= 0.3 is 0 Å². The monoisotopic (exact) mass is 428 g/mol. The van der Waals surface area contributed by atoms with E-state index in [0.717, 1.165) is 50.5 Å². The predicted molar refractivity (Wildman–Crippen MR) is 122 cm³/mol. The fourth-order valence-corrected chi connectivity index (χ4v) is 3.69. The highest BCUT2D eigenvalue weighted by Gasteiger charge is 2.22. The van der Waals surface area contributed by atoms with Gasteiger partial charge in [-0.15, -0.1) is 0 Å². The second kappa shape index (κ2) is 12.3. The molecular weight excluding hydrogens is 395 g/mol. The largest absolute Gasteiger partial charge is 0.508 e. The SMILES string of the molecule is CCNC(=NCC(c1ccc(F)cc1)N1CCOCC1)NCCCc1ccc(O)cc1. The summed E-state index contributed by atoms with van der Waals surface area (Å²) >= 11 is 0. The van der Waals surface area contributed by atoms with E-state index in [1.165, 1.54) is 17.7 Å². The van der Waals surface area contributed by atoms with Gasteiger partial charge in [0.1, 0.15) is 11.6 Å². The van der Waals surface area contributed by atoms with Gasteiger partial charge in [-0.25, -0.2) is 4.39 Å². The van der Waals surface area contributed by atoms with Gasteiger partial charge in [-0.05, 0) is 55.2 Å². The average Bonchev–Trinajstić information content (AvgIpc) is 2.80. The van der Waals surface area contributed by atoms with Crippen molar-refractivity contribution < 1.29 is 14.2 Å². The summed E-state index contributed by atoms with van der Waals surface area (Å²) in [5.74, 6) is 0.851. The number of aryl methyl sites for hydroxylation is 1. The van der Waals surface area contributed by atoms with Crippen LogP contribution in [0.5, 0.6) is 5.75 Å². The maximum Gasteiger partial charge on any atom is 0.191 e. The summed E-state index contributed by atoms with van der Waals surface area (Å²) in [6.07, 6.45) is 1.89. The Balaban J connectivity index is 1.59. The Labute approximate surface area is 184 Å². The molecule has 1 saturated heterocycles. The van der Waals surface area contributed by atoms with Crippen molar-refractivity contribution in [3.63, 3.8) is 0 Å². The van der Waals surface area contributed by atoms with Crippen LogP contribution in [0.1, 0.15) is 30.5 Å². The zero-order valence-electron chi connectivity index (χ0n) is 18.2. The van der Waals surface area contributed by atoms with Gasteiger partial charge in [-0.1, -0.05) is 24.3 Å². The van der Waals surface area contributed by atoms with Crippen LogP contribution in [0.4, 0.5) is 4.39 Å². The maximum atomic E-state index is 13.4. The van der Waals surface area contributed by atoms with E-state index in [9.17, 15) is 9.50 Å². The molecule has 6 nitrogen and oxygen atoms in total. The van der Waals surface area contributed by atoms with Gasteiger partial charge in [0.05, 0.1) is 25.8 Å². The molecular formula is C24H33FN4O2. The van der Waals surface area contributed by atoms with Crippen LogP contribution in [0, 0.1) is 5.82 Å². The summed E-state index contributed by atoms with van der Waals surface area (Å²) in [7, 11) is 0. The predicted octanol–water partition coefficient (Wildman–Crippen LogP) is 3.09. The number of morpholine rings is 1. The lowest BCUT2D eigenvalue weighted by Gasteiger charge is -2.34. The number of benzene rings is 2. The van der Waals surface area contributed by atoms with E-state index < -0.39 is 0 Å². The molecule has 1 atom stereocenters. The van der Waals surface area contributed by atoms with Crippen molar-refractivity contribution in [2.75, 3.05) is 45.9 Å². The molecule has 0 amide bonds. The Bertz CT molecular complexity index is 805. The Morgan fingerprint density at radius 2 is 1.81 bits per heavy atom. The molecule has 0 aliphatic carbocycles. The van der Waals surface area contributed by atoms with Crippen LogP contribution in [0.15, 0.2) is 53.5 Å².